The first kappa shape index (κ1) is 25.6. The van der Waals surface area contributed by atoms with Crippen molar-refractivity contribution in [2.45, 2.75) is 46.0 Å². The lowest BCUT2D eigenvalue weighted by atomic mass is 9.60. The molecule has 1 aliphatic carbocycles. The summed E-state index contributed by atoms with van der Waals surface area (Å²) in [5, 5.41) is 2.93. The zero-order valence-corrected chi connectivity index (χ0v) is 22.8. The van der Waals surface area contributed by atoms with Crippen molar-refractivity contribution in [3.05, 3.63) is 76.3 Å². The standard InChI is InChI=1S/C30H34N4O4/c1-7-38-27(36)25-26(31)34(19-11-9-18(10-12-19)33(5)6)22-15-29(3,4)16-23(35)24(22)30(25)20-14-17(2)8-13-21(20)32-28(30)37/h8-14H,7,15-16,31H2,1-6H3,(H,32,37). The van der Waals surface area contributed by atoms with Gasteiger partial charge in [-0.2, -0.15) is 0 Å². The van der Waals surface area contributed by atoms with E-state index < -0.39 is 17.3 Å². The molecule has 0 bridgehead atoms. The van der Waals surface area contributed by atoms with Crippen molar-refractivity contribution in [2.24, 2.45) is 11.1 Å². The van der Waals surface area contributed by atoms with Gasteiger partial charge in [-0.25, -0.2) is 4.79 Å². The Bertz CT molecular complexity index is 1430. The Kier molecular flexibility index (Phi) is 5.89. The first-order chi connectivity index (χ1) is 17.9. The molecule has 2 aliphatic heterocycles. The van der Waals surface area contributed by atoms with Crippen molar-refractivity contribution >= 4 is 34.7 Å². The van der Waals surface area contributed by atoms with Gasteiger partial charge in [0.25, 0.3) is 0 Å². The fraction of sp³-hybridized carbons (Fsp3) is 0.367. The molecule has 1 amide bonds. The number of nitrogens with one attached hydrogen (secondary N) is 1. The van der Waals surface area contributed by atoms with Crippen LogP contribution in [0.5, 0.6) is 0 Å². The summed E-state index contributed by atoms with van der Waals surface area (Å²) in [6.45, 7) is 7.77. The van der Waals surface area contributed by atoms with Gasteiger partial charge in [0.2, 0.25) is 5.91 Å². The fourth-order valence-corrected chi connectivity index (χ4v) is 6.05. The average molecular weight is 515 g/mol. The molecule has 0 radical (unpaired) electrons. The summed E-state index contributed by atoms with van der Waals surface area (Å²) >= 11 is 0. The molecule has 1 unspecified atom stereocenters. The molecule has 0 aromatic heterocycles. The van der Waals surface area contributed by atoms with E-state index in [9.17, 15) is 14.4 Å². The van der Waals surface area contributed by atoms with E-state index in [-0.39, 0.29) is 35.6 Å². The van der Waals surface area contributed by atoms with Gasteiger partial charge >= 0.3 is 5.97 Å². The molecule has 8 heteroatoms. The van der Waals surface area contributed by atoms with E-state index in [1.807, 2.05) is 76.2 Å². The maximum atomic E-state index is 14.1. The zero-order chi connectivity index (χ0) is 27.6. The number of Topliss-reactive ketones (excluding diaryl/α,β-unsaturated/α-hetero) is 1. The Balaban J connectivity index is 1.89. The lowest BCUT2D eigenvalue weighted by Gasteiger charge is -2.47. The van der Waals surface area contributed by atoms with Gasteiger partial charge in [0.05, 0.1) is 6.61 Å². The summed E-state index contributed by atoms with van der Waals surface area (Å²) in [6.07, 6.45) is 0.738. The number of nitrogens with two attached hydrogens (primary N) is 1. The number of ketones is 1. The van der Waals surface area contributed by atoms with E-state index >= 15 is 0 Å². The highest BCUT2D eigenvalue weighted by Crippen LogP contribution is 2.57. The van der Waals surface area contributed by atoms with Gasteiger partial charge in [-0.05, 0) is 56.0 Å². The lowest BCUT2D eigenvalue weighted by Crippen LogP contribution is -2.54. The first-order valence-corrected chi connectivity index (χ1v) is 12.9. The van der Waals surface area contributed by atoms with E-state index in [0.29, 0.717) is 34.6 Å². The van der Waals surface area contributed by atoms with Gasteiger partial charge in [0.1, 0.15) is 16.8 Å². The normalized spacial score (nSPS) is 21.9. The molecule has 2 heterocycles. The number of carbonyl (C=O) groups is 3. The van der Waals surface area contributed by atoms with Crippen molar-refractivity contribution in [3.8, 4) is 0 Å². The number of carbonyl (C=O) groups excluding carboxylic acids is 3. The van der Waals surface area contributed by atoms with Crippen LogP contribution < -0.4 is 20.9 Å². The molecule has 2 aromatic carbocycles. The largest absolute Gasteiger partial charge is 0.462 e. The number of aryl methyl sites for hydroxylation is 1. The predicted molar refractivity (Wildman–Crippen MR) is 148 cm³/mol. The zero-order valence-electron chi connectivity index (χ0n) is 22.8. The van der Waals surface area contributed by atoms with Crippen molar-refractivity contribution in [2.75, 3.05) is 35.8 Å². The van der Waals surface area contributed by atoms with Crippen LogP contribution in [0.1, 0.15) is 44.7 Å². The van der Waals surface area contributed by atoms with Gasteiger partial charge in [-0.1, -0.05) is 31.5 Å². The summed E-state index contributed by atoms with van der Waals surface area (Å²) in [6, 6.07) is 13.3. The third-order valence-corrected chi connectivity index (χ3v) is 7.64. The number of fused-ring (bicyclic) bond motifs is 3. The minimum atomic E-state index is -1.69. The Morgan fingerprint density at radius 3 is 2.42 bits per heavy atom. The number of allylic oxidation sites excluding steroid dienone is 1. The van der Waals surface area contributed by atoms with Crippen LogP contribution in [0.4, 0.5) is 17.1 Å². The molecular formula is C30H34N4O4. The van der Waals surface area contributed by atoms with Gasteiger partial charge < -0.3 is 20.7 Å². The second-order valence-corrected chi connectivity index (χ2v) is 11.2. The van der Waals surface area contributed by atoms with Crippen molar-refractivity contribution in [1.29, 1.82) is 0 Å². The monoisotopic (exact) mass is 514 g/mol. The number of benzene rings is 2. The number of rotatable bonds is 4. The summed E-state index contributed by atoms with van der Waals surface area (Å²) in [5.74, 6) is -1.26. The summed E-state index contributed by atoms with van der Waals surface area (Å²) in [4.78, 5) is 45.7. The Hall–Kier alpha value is -4.07. The van der Waals surface area contributed by atoms with Crippen molar-refractivity contribution < 1.29 is 19.1 Å². The van der Waals surface area contributed by atoms with Crippen LogP contribution in [0.3, 0.4) is 0 Å². The topological polar surface area (TPSA) is 105 Å². The molecule has 38 heavy (non-hydrogen) atoms. The number of esters is 1. The molecule has 1 spiro atoms. The van der Waals surface area contributed by atoms with Crippen molar-refractivity contribution in [3.63, 3.8) is 0 Å². The number of ether oxygens (including phenoxy) is 1. The highest BCUT2D eigenvalue weighted by molar-refractivity contribution is 6.23. The lowest BCUT2D eigenvalue weighted by molar-refractivity contribution is -0.140. The maximum absolute atomic E-state index is 14.1. The Morgan fingerprint density at radius 2 is 1.79 bits per heavy atom. The summed E-state index contributed by atoms with van der Waals surface area (Å²) in [7, 11) is 3.90. The highest BCUT2D eigenvalue weighted by atomic mass is 16.5. The number of anilines is 3. The minimum absolute atomic E-state index is 0.0234. The number of amides is 1. The summed E-state index contributed by atoms with van der Waals surface area (Å²) in [5.41, 5.74) is 9.45. The van der Waals surface area contributed by atoms with E-state index in [1.165, 1.54) is 0 Å². The molecule has 1 atom stereocenters. The number of nitrogens with zero attached hydrogens (tertiary/aromatic N) is 2. The van der Waals surface area contributed by atoms with Crippen molar-refractivity contribution in [1.82, 2.24) is 0 Å². The van der Waals surface area contributed by atoms with Gasteiger partial charge in [0.15, 0.2) is 5.78 Å². The van der Waals surface area contributed by atoms with Gasteiger partial charge in [-0.3, -0.25) is 14.5 Å². The van der Waals surface area contributed by atoms with Crippen LogP contribution in [-0.4, -0.2) is 38.4 Å². The molecular weight excluding hydrogens is 480 g/mol. The van der Waals surface area contributed by atoms with E-state index in [4.69, 9.17) is 10.5 Å². The molecule has 0 saturated heterocycles. The van der Waals surface area contributed by atoms with E-state index in [2.05, 4.69) is 5.32 Å². The third kappa shape index (κ3) is 3.61. The second kappa shape index (κ2) is 8.75. The molecule has 3 aliphatic rings. The number of hydrogen-bond donors (Lipinski definition) is 2. The van der Waals surface area contributed by atoms with Crippen LogP contribution >= 0.6 is 0 Å². The first-order valence-electron chi connectivity index (χ1n) is 12.9. The van der Waals surface area contributed by atoms with E-state index in [0.717, 1.165) is 11.3 Å². The fourth-order valence-electron chi connectivity index (χ4n) is 6.05. The van der Waals surface area contributed by atoms with Crippen LogP contribution in [0, 0.1) is 12.3 Å². The van der Waals surface area contributed by atoms with Crippen LogP contribution in [-0.2, 0) is 24.5 Å². The molecule has 0 fully saturated rings. The highest BCUT2D eigenvalue weighted by Gasteiger charge is 2.63. The molecule has 8 nitrogen and oxygen atoms in total. The van der Waals surface area contributed by atoms with Gasteiger partial charge in [-0.15, -0.1) is 0 Å². The quantitative estimate of drug-likeness (QED) is 0.591. The molecule has 198 valence electrons. The van der Waals surface area contributed by atoms with Crippen LogP contribution in [0.2, 0.25) is 0 Å². The number of hydrogen-bond acceptors (Lipinski definition) is 7. The Labute approximate surface area is 223 Å². The Morgan fingerprint density at radius 1 is 1.11 bits per heavy atom. The second-order valence-electron chi connectivity index (χ2n) is 11.2. The molecule has 5 rings (SSSR count). The smallest absolute Gasteiger partial charge is 0.339 e. The maximum Gasteiger partial charge on any atom is 0.339 e. The van der Waals surface area contributed by atoms with Crippen LogP contribution in [0.25, 0.3) is 0 Å². The molecule has 3 N–H and O–H groups in total. The summed E-state index contributed by atoms with van der Waals surface area (Å²) < 4.78 is 5.50. The average Bonchev–Trinajstić information content (AvgIpc) is 3.10. The third-order valence-electron chi connectivity index (χ3n) is 7.64. The van der Waals surface area contributed by atoms with Crippen LogP contribution in [0.15, 0.2) is 65.1 Å². The molecule has 0 saturated carbocycles. The van der Waals surface area contributed by atoms with Gasteiger partial charge in [0, 0.05) is 54.4 Å². The minimum Gasteiger partial charge on any atom is -0.462 e. The van der Waals surface area contributed by atoms with E-state index in [1.54, 1.807) is 17.9 Å². The SMILES string of the molecule is CCOC(=O)C1=C(N)N(c2ccc(N(C)C)cc2)C2=C(C(=O)CC(C)(C)C2)C12C(=O)Nc1ccc(C)cc12. The predicted octanol–water partition coefficient (Wildman–Crippen LogP) is 4.15. The molecule has 2 aromatic rings.